The predicted molar refractivity (Wildman–Crippen MR) is 54.6 cm³/mol. The number of nitrogens with two attached hydrogens (primary N) is 1. The molecule has 0 aromatic heterocycles. The summed E-state index contributed by atoms with van der Waals surface area (Å²) in [4.78, 5) is 0.408. The third-order valence-corrected chi connectivity index (χ3v) is 4.72. The average molecular weight is 211 g/mol. The molecule has 1 aromatic rings. The summed E-state index contributed by atoms with van der Waals surface area (Å²) in [6.07, 6.45) is 0. The molecule has 0 unspecified atom stereocenters. The van der Waals surface area contributed by atoms with Crippen molar-refractivity contribution in [3.8, 4) is 0 Å². The van der Waals surface area contributed by atoms with Gasteiger partial charge in [-0.15, -0.1) is 0 Å². The molecule has 4 heteroatoms. The van der Waals surface area contributed by atoms with Crippen LogP contribution in [-0.2, 0) is 9.84 Å². The van der Waals surface area contributed by atoms with Crippen LogP contribution in [0.1, 0.15) is 18.5 Å². The van der Waals surface area contributed by atoms with Gasteiger partial charge in [-0.3, -0.25) is 0 Å². The summed E-state index contributed by atoms with van der Waals surface area (Å²) in [6.45, 7) is 1.87. The van der Waals surface area contributed by atoms with Crippen LogP contribution in [0.4, 0.5) is 0 Å². The van der Waals surface area contributed by atoms with Crippen LogP contribution in [0.3, 0.4) is 0 Å². The Bertz CT molecular complexity index is 453. The molecular formula is C10H13NO2S. The molecule has 0 amide bonds. The normalized spacial score (nSPS) is 29.6. The van der Waals surface area contributed by atoms with Crippen LogP contribution in [0.2, 0.25) is 0 Å². The maximum Gasteiger partial charge on any atom is 0.179 e. The Morgan fingerprint density at radius 2 is 2.00 bits per heavy atom. The largest absolute Gasteiger partial charge is 0.324 e. The topological polar surface area (TPSA) is 60.2 Å². The molecule has 0 saturated carbocycles. The maximum atomic E-state index is 11.8. The van der Waals surface area contributed by atoms with Crippen LogP contribution >= 0.6 is 0 Å². The van der Waals surface area contributed by atoms with E-state index in [4.69, 9.17) is 5.73 Å². The Hall–Kier alpha value is -0.870. The minimum absolute atomic E-state index is 0.00472. The highest BCUT2D eigenvalue weighted by molar-refractivity contribution is 7.91. The maximum absolute atomic E-state index is 11.8. The first-order valence-corrected chi connectivity index (χ1v) is 6.25. The van der Waals surface area contributed by atoms with Gasteiger partial charge in [0.2, 0.25) is 0 Å². The zero-order valence-electron chi connectivity index (χ0n) is 7.97. The van der Waals surface area contributed by atoms with Gasteiger partial charge in [0.05, 0.1) is 10.6 Å². The predicted octanol–water partition coefficient (Wildman–Crippen LogP) is 1.11. The molecular weight excluding hydrogens is 198 g/mol. The number of hydrogen-bond donors (Lipinski definition) is 1. The lowest BCUT2D eigenvalue weighted by atomic mass is 9.96. The van der Waals surface area contributed by atoms with Gasteiger partial charge < -0.3 is 5.73 Å². The lowest BCUT2D eigenvalue weighted by molar-refractivity contribution is 0.478. The Morgan fingerprint density at radius 1 is 1.36 bits per heavy atom. The first-order chi connectivity index (χ1) is 6.52. The van der Waals surface area contributed by atoms with Gasteiger partial charge in [-0.2, -0.15) is 0 Å². The molecule has 1 aliphatic rings. The van der Waals surface area contributed by atoms with Gasteiger partial charge in [-0.05, 0) is 17.5 Å². The van der Waals surface area contributed by atoms with E-state index in [1.807, 2.05) is 13.0 Å². The third-order valence-electron chi connectivity index (χ3n) is 2.71. The van der Waals surface area contributed by atoms with Crippen molar-refractivity contribution in [3.05, 3.63) is 29.8 Å². The quantitative estimate of drug-likeness (QED) is 0.699. The van der Waals surface area contributed by atoms with E-state index in [-0.39, 0.29) is 17.7 Å². The van der Waals surface area contributed by atoms with E-state index in [9.17, 15) is 8.42 Å². The van der Waals surface area contributed by atoms with Crippen LogP contribution < -0.4 is 5.73 Å². The minimum Gasteiger partial charge on any atom is -0.324 e. The molecule has 0 spiro atoms. The number of hydrogen-bond acceptors (Lipinski definition) is 3. The Balaban J connectivity index is 2.68. The van der Waals surface area contributed by atoms with E-state index in [1.54, 1.807) is 18.2 Å². The van der Waals surface area contributed by atoms with Crippen molar-refractivity contribution in [2.24, 2.45) is 11.7 Å². The van der Waals surface area contributed by atoms with E-state index < -0.39 is 9.84 Å². The van der Waals surface area contributed by atoms with E-state index >= 15 is 0 Å². The van der Waals surface area contributed by atoms with E-state index in [1.165, 1.54) is 0 Å². The summed E-state index contributed by atoms with van der Waals surface area (Å²) in [5, 5.41) is 0. The third kappa shape index (κ3) is 1.35. The number of rotatable bonds is 0. The number of sulfone groups is 1. The van der Waals surface area contributed by atoms with Crippen LogP contribution in [0.25, 0.3) is 0 Å². The van der Waals surface area contributed by atoms with Gasteiger partial charge >= 0.3 is 0 Å². The van der Waals surface area contributed by atoms with Gasteiger partial charge in [-0.25, -0.2) is 8.42 Å². The average Bonchev–Trinajstić information content (AvgIpc) is 2.14. The fraction of sp³-hybridized carbons (Fsp3) is 0.400. The SMILES string of the molecule is C[C@H]1CS(=O)(=O)c2ccccc2[C@H]1N. The first-order valence-electron chi connectivity index (χ1n) is 4.59. The molecule has 76 valence electrons. The molecule has 0 saturated heterocycles. The Morgan fingerprint density at radius 3 is 2.71 bits per heavy atom. The molecule has 1 aromatic carbocycles. The summed E-state index contributed by atoms with van der Waals surface area (Å²) in [7, 11) is -3.10. The lowest BCUT2D eigenvalue weighted by Gasteiger charge is -2.27. The first kappa shape index (κ1) is 9.68. The second kappa shape index (κ2) is 3.07. The lowest BCUT2D eigenvalue weighted by Crippen LogP contribution is -2.32. The molecule has 14 heavy (non-hydrogen) atoms. The summed E-state index contributed by atoms with van der Waals surface area (Å²) in [6, 6.07) is 6.84. The Kier molecular flexibility index (Phi) is 2.12. The minimum atomic E-state index is -3.10. The van der Waals surface area contributed by atoms with Gasteiger partial charge in [0.1, 0.15) is 0 Å². The second-order valence-electron chi connectivity index (χ2n) is 3.82. The molecule has 3 nitrogen and oxygen atoms in total. The van der Waals surface area contributed by atoms with Crippen LogP contribution in [0, 0.1) is 5.92 Å². The van der Waals surface area contributed by atoms with Crippen molar-refractivity contribution >= 4 is 9.84 Å². The molecule has 2 rings (SSSR count). The molecule has 1 heterocycles. The van der Waals surface area contributed by atoms with E-state index in [0.29, 0.717) is 4.90 Å². The van der Waals surface area contributed by atoms with Crippen molar-refractivity contribution in [1.29, 1.82) is 0 Å². The van der Waals surface area contributed by atoms with Gasteiger partial charge in [0, 0.05) is 6.04 Å². The fourth-order valence-electron chi connectivity index (χ4n) is 1.89. The highest BCUT2D eigenvalue weighted by atomic mass is 32.2. The van der Waals surface area contributed by atoms with Gasteiger partial charge in [0.25, 0.3) is 0 Å². The summed E-state index contributed by atoms with van der Waals surface area (Å²) < 4.78 is 23.5. The van der Waals surface area contributed by atoms with E-state index in [2.05, 4.69) is 0 Å². The van der Waals surface area contributed by atoms with Gasteiger partial charge in [0.15, 0.2) is 9.84 Å². The zero-order valence-corrected chi connectivity index (χ0v) is 8.79. The van der Waals surface area contributed by atoms with E-state index in [0.717, 1.165) is 5.56 Å². The molecule has 0 aliphatic carbocycles. The van der Waals surface area contributed by atoms with Crippen molar-refractivity contribution in [2.75, 3.05) is 5.75 Å². The monoisotopic (exact) mass is 211 g/mol. The molecule has 2 N–H and O–H groups in total. The highest BCUT2D eigenvalue weighted by Crippen LogP contribution is 2.33. The van der Waals surface area contributed by atoms with Crippen LogP contribution in [0.15, 0.2) is 29.2 Å². The van der Waals surface area contributed by atoms with Crippen LogP contribution in [-0.4, -0.2) is 14.2 Å². The second-order valence-corrected chi connectivity index (χ2v) is 5.82. The summed E-state index contributed by atoms with van der Waals surface area (Å²) >= 11 is 0. The number of benzene rings is 1. The van der Waals surface area contributed by atoms with Crippen molar-refractivity contribution < 1.29 is 8.42 Å². The number of fused-ring (bicyclic) bond motifs is 1. The molecule has 0 radical (unpaired) electrons. The fourth-order valence-corrected chi connectivity index (χ4v) is 3.81. The molecule has 0 fully saturated rings. The highest BCUT2D eigenvalue weighted by Gasteiger charge is 2.32. The standard InChI is InChI=1S/C10H13NO2S/c1-7-6-14(12,13)9-5-3-2-4-8(9)10(7)11/h2-5,7,10H,6,11H2,1H3/t7-,10-/m0/s1. The van der Waals surface area contributed by atoms with Crippen molar-refractivity contribution in [1.82, 2.24) is 0 Å². The van der Waals surface area contributed by atoms with Crippen molar-refractivity contribution in [2.45, 2.75) is 17.9 Å². The van der Waals surface area contributed by atoms with Gasteiger partial charge in [-0.1, -0.05) is 25.1 Å². The summed E-state index contributed by atoms with van der Waals surface area (Å²) in [5.41, 5.74) is 6.70. The van der Waals surface area contributed by atoms with Crippen LogP contribution in [0.5, 0.6) is 0 Å². The Labute approximate surface area is 83.9 Å². The molecule has 0 bridgehead atoms. The van der Waals surface area contributed by atoms with Crippen molar-refractivity contribution in [3.63, 3.8) is 0 Å². The summed E-state index contributed by atoms with van der Waals surface area (Å²) in [5.74, 6) is 0.153. The smallest absolute Gasteiger partial charge is 0.179 e. The zero-order chi connectivity index (χ0) is 10.3. The molecule has 2 atom stereocenters. The molecule has 1 aliphatic heterocycles.